The molecule has 0 fully saturated rings. The molecule has 0 aliphatic carbocycles. The third-order valence-corrected chi connectivity index (χ3v) is 5.19. The van der Waals surface area contributed by atoms with Crippen LogP contribution in [0, 0.1) is 12.8 Å². The largest absolute Gasteiger partial charge is 0.353 e. The van der Waals surface area contributed by atoms with E-state index in [0.29, 0.717) is 17.1 Å². The molecule has 1 unspecified atom stereocenters. The van der Waals surface area contributed by atoms with E-state index in [1.165, 1.54) is 5.56 Å². The van der Waals surface area contributed by atoms with Gasteiger partial charge in [0.15, 0.2) is 0 Å². The Labute approximate surface area is 172 Å². The maximum atomic E-state index is 12.8. The number of carbonyl (C=O) groups is 2. The van der Waals surface area contributed by atoms with Crippen molar-refractivity contribution in [3.63, 3.8) is 0 Å². The molecule has 2 aromatic carbocycles. The van der Waals surface area contributed by atoms with Gasteiger partial charge in [-0.2, -0.15) is 0 Å². The SMILES string of the molecule is Cc1cccc(C(C)(C)CNC(=O)C(NC(=O)c2ccccc2Cl)C(C)C)c1. The van der Waals surface area contributed by atoms with Gasteiger partial charge in [-0.05, 0) is 30.5 Å². The van der Waals surface area contributed by atoms with Crippen molar-refractivity contribution in [2.45, 2.75) is 46.1 Å². The summed E-state index contributed by atoms with van der Waals surface area (Å²) in [5.74, 6) is -0.609. The standard InChI is InChI=1S/C23H29ClN2O2/c1-15(2)20(26-21(27)18-11-6-7-12-19(18)24)22(28)25-14-23(4,5)17-10-8-9-16(3)13-17/h6-13,15,20H,14H2,1-5H3,(H,25,28)(H,26,27). The molecule has 5 heteroatoms. The van der Waals surface area contributed by atoms with Gasteiger partial charge >= 0.3 is 0 Å². The maximum Gasteiger partial charge on any atom is 0.253 e. The van der Waals surface area contributed by atoms with Crippen LogP contribution < -0.4 is 10.6 Å². The molecule has 2 rings (SSSR count). The molecule has 4 nitrogen and oxygen atoms in total. The van der Waals surface area contributed by atoms with Crippen LogP contribution in [0.15, 0.2) is 48.5 Å². The Morgan fingerprint density at radius 2 is 1.75 bits per heavy atom. The van der Waals surface area contributed by atoms with Crippen molar-refractivity contribution in [3.05, 3.63) is 70.2 Å². The van der Waals surface area contributed by atoms with Crippen molar-refractivity contribution in [3.8, 4) is 0 Å². The van der Waals surface area contributed by atoms with Gasteiger partial charge in [-0.1, -0.05) is 81.3 Å². The molecule has 0 heterocycles. The first-order valence-corrected chi connectivity index (χ1v) is 9.90. The molecule has 0 saturated carbocycles. The Hall–Kier alpha value is -2.33. The number of amides is 2. The zero-order chi connectivity index (χ0) is 20.9. The predicted molar refractivity (Wildman–Crippen MR) is 115 cm³/mol. The first-order chi connectivity index (χ1) is 13.1. The number of carbonyl (C=O) groups excluding carboxylic acids is 2. The molecule has 0 aromatic heterocycles. The monoisotopic (exact) mass is 400 g/mol. The molecule has 2 N–H and O–H groups in total. The number of hydrogen-bond donors (Lipinski definition) is 2. The molecule has 1 atom stereocenters. The maximum absolute atomic E-state index is 12.8. The summed E-state index contributed by atoms with van der Waals surface area (Å²) in [5.41, 5.74) is 2.48. The topological polar surface area (TPSA) is 58.2 Å². The minimum Gasteiger partial charge on any atom is -0.353 e. The summed E-state index contributed by atoms with van der Waals surface area (Å²) in [4.78, 5) is 25.4. The summed E-state index contributed by atoms with van der Waals surface area (Å²) in [6.45, 7) is 10.5. The highest BCUT2D eigenvalue weighted by Crippen LogP contribution is 2.23. The average molecular weight is 401 g/mol. The van der Waals surface area contributed by atoms with Crippen molar-refractivity contribution in [1.82, 2.24) is 10.6 Å². The van der Waals surface area contributed by atoms with Gasteiger partial charge in [0.2, 0.25) is 5.91 Å². The molecule has 0 radical (unpaired) electrons. The lowest BCUT2D eigenvalue weighted by molar-refractivity contribution is -0.124. The van der Waals surface area contributed by atoms with Crippen molar-refractivity contribution < 1.29 is 9.59 Å². The molecule has 2 amide bonds. The quantitative estimate of drug-likeness (QED) is 0.719. The fourth-order valence-electron chi connectivity index (χ4n) is 2.99. The van der Waals surface area contributed by atoms with Gasteiger partial charge in [-0.15, -0.1) is 0 Å². The second kappa shape index (κ2) is 9.24. The van der Waals surface area contributed by atoms with Gasteiger partial charge in [0.1, 0.15) is 6.04 Å². The summed E-state index contributed by atoms with van der Waals surface area (Å²) >= 11 is 6.10. The van der Waals surface area contributed by atoms with Crippen LogP contribution in [0.25, 0.3) is 0 Å². The molecule has 150 valence electrons. The average Bonchev–Trinajstić information content (AvgIpc) is 2.64. The highest BCUT2D eigenvalue weighted by molar-refractivity contribution is 6.33. The molecular weight excluding hydrogens is 372 g/mol. The summed E-state index contributed by atoms with van der Waals surface area (Å²) in [6.07, 6.45) is 0. The second-order valence-electron chi connectivity index (χ2n) is 8.15. The van der Waals surface area contributed by atoms with Crippen molar-refractivity contribution in [2.75, 3.05) is 6.54 Å². The summed E-state index contributed by atoms with van der Waals surface area (Å²) in [7, 11) is 0. The van der Waals surface area contributed by atoms with E-state index >= 15 is 0 Å². The van der Waals surface area contributed by atoms with Gasteiger partial charge < -0.3 is 10.6 Å². The normalized spacial score (nSPS) is 12.5. The molecule has 0 bridgehead atoms. The fraction of sp³-hybridized carbons (Fsp3) is 0.391. The van der Waals surface area contributed by atoms with Gasteiger partial charge in [0.25, 0.3) is 5.91 Å². The van der Waals surface area contributed by atoms with E-state index in [-0.39, 0.29) is 23.1 Å². The highest BCUT2D eigenvalue weighted by Gasteiger charge is 2.28. The molecule has 0 aliphatic rings. The molecule has 0 spiro atoms. The van der Waals surface area contributed by atoms with Crippen LogP contribution in [0.3, 0.4) is 0 Å². The molecular formula is C23H29ClN2O2. The summed E-state index contributed by atoms with van der Waals surface area (Å²) in [6, 6.07) is 14.4. The lowest BCUT2D eigenvalue weighted by atomic mass is 9.83. The van der Waals surface area contributed by atoms with E-state index in [0.717, 1.165) is 5.56 Å². The van der Waals surface area contributed by atoms with Crippen LogP contribution in [0.4, 0.5) is 0 Å². The molecule has 2 aromatic rings. The number of benzene rings is 2. The Bertz CT molecular complexity index is 846. The highest BCUT2D eigenvalue weighted by atomic mass is 35.5. The predicted octanol–water partition coefficient (Wildman–Crippen LogP) is 4.50. The van der Waals surface area contributed by atoms with Crippen LogP contribution >= 0.6 is 11.6 Å². The van der Waals surface area contributed by atoms with E-state index in [9.17, 15) is 9.59 Å². The van der Waals surface area contributed by atoms with Gasteiger partial charge in [0.05, 0.1) is 10.6 Å². The van der Waals surface area contributed by atoms with E-state index in [1.54, 1.807) is 24.3 Å². The number of nitrogens with one attached hydrogen (secondary N) is 2. The minimum atomic E-state index is -0.642. The summed E-state index contributed by atoms with van der Waals surface area (Å²) < 4.78 is 0. The molecule has 0 saturated heterocycles. The van der Waals surface area contributed by atoms with Crippen LogP contribution in [0.2, 0.25) is 5.02 Å². The summed E-state index contributed by atoms with van der Waals surface area (Å²) in [5, 5.41) is 6.19. The van der Waals surface area contributed by atoms with Crippen LogP contribution in [-0.4, -0.2) is 24.4 Å². The first kappa shape index (κ1) is 22.0. The third-order valence-electron chi connectivity index (χ3n) is 4.86. The Morgan fingerprint density at radius 3 is 2.36 bits per heavy atom. The van der Waals surface area contributed by atoms with Gasteiger partial charge in [-0.3, -0.25) is 9.59 Å². The lowest BCUT2D eigenvalue weighted by Gasteiger charge is -2.28. The lowest BCUT2D eigenvalue weighted by Crippen LogP contribution is -2.51. The third kappa shape index (κ3) is 5.59. The van der Waals surface area contributed by atoms with Crippen LogP contribution in [-0.2, 0) is 10.2 Å². The Balaban J connectivity index is 2.07. The zero-order valence-electron chi connectivity index (χ0n) is 17.2. The van der Waals surface area contributed by atoms with Gasteiger partial charge in [-0.25, -0.2) is 0 Å². The molecule has 28 heavy (non-hydrogen) atoms. The van der Waals surface area contributed by atoms with Crippen molar-refractivity contribution in [1.29, 1.82) is 0 Å². The van der Waals surface area contributed by atoms with E-state index < -0.39 is 6.04 Å². The zero-order valence-corrected chi connectivity index (χ0v) is 17.9. The minimum absolute atomic E-state index is 0.0616. The first-order valence-electron chi connectivity index (χ1n) is 9.52. The fourth-order valence-corrected chi connectivity index (χ4v) is 3.21. The van der Waals surface area contributed by atoms with Crippen molar-refractivity contribution >= 4 is 23.4 Å². The Morgan fingerprint density at radius 1 is 1.07 bits per heavy atom. The number of rotatable bonds is 7. The number of aryl methyl sites for hydroxylation is 1. The molecule has 0 aliphatic heterocycles. The van der Waals surface area contributed by atoms with Gasteiger partial charge in [0, 0.05) is 12.0 Å². The van der Waals surface area contributed by atoms with E-state index in [1.807, 2.05) is 19.9 Å². The van der Waals surface area contributed by atoms with E-state index in [2.05, 4.69) is 49.6 Å². The van der Waals surface area contributed by atoms with Crippen LogP contribution in [0.1, 0.15) is 49.2 Å². The smallest absolute Gasteiger partial charge is 0.253 e. The Kier molecular flexibility index (Phi) is 7.25. The van der Waals surface area contributed by atoms with Crippen LogP contribution in [0.5, 0.6) is 0 Å². The van der Waals surface area contributed by atoms with Crippen molar-refractivity contribution in [2.24, 2.45) is 5.92 Å². The second-order valence-corrected chi connectivity index (χ2v) is 8.55. The number of halogens is 1. The van der Waals surface area contributed by atoms with E-state index in [4.69, 9.17) is 11.6 Å². The number of hydrogen-bond acceptors (Lipinski definition) is 2.